The van der Waals surface area contributed by atoms with Gasteiger partial charge in [0.05, 0.1) is 33.5 Å². The molecule has 5 heteroatoms. The van der Waals surface area contributed by atoms with Crippen molar-refractivity contribution in [1.82, 2.24) is 0 Å². The molecular formula is C16H25NO4. The molecule has 1 saturated carbocycles. The van der Waals surface area contributed by atoms with Crippen molar-refractivity contribution in [2.75, 3.05) is 21.3 Å². The zero-order chi connectivity index (χ0) is 15.4. The van der Waals surface area contributed by atoms with Crippen molar-refractivity contribution in [3.63, 3.8) is 0 Å². The molecule has 118 valence electrons. The van der Waals surface area contributed by atoms with Gasteiger partial charge in [-0.15, -0.1) is 0 Å². The average Bonchev–Trinajstić information content (AvgIpc) is 3.06. The van der Waals surface area contributed by atoms with Crippen molar-refractivity contribution in [1.29, 1.82) is 0 Å². The van der Waals surface area contributed by atoms with E-state index in [4.69, 9.17) is 19.9 Å². The van der Waals surface area contributed by atoms with Gasteiger partial charge in [0.2, 0.25) is 5.75 Å². The molecule has 0 saturated heterocycles. The second-order valence-electron chi connectivity index (χ2n) is 5.48. The SMILES string of the molecule is COc1ccc([C@H](N)[C@H](O)C2CCCC2)c(OC)c1OC. The first-order valence-electron chi connectivity index (χ1n) is 7.36. The normalized spacial score (nSPS) is 18.3. The monoisotopic (exact) mass is 295 g/mol. The van der Waals surface area contributed by atoms with Crippen LogP contribution < -0.4 is 19.9 Å². The Morgan fingerprint density at radius 2 is 1.67 bits per heavy atom. The molecule has 0 radical (unpaired) electrons. The number of ether oxygens (including phenoxy) is 3. The van der Waals surface area contributed by atoms with Gasteiger partial charge in [-0.05, 0) is 30.9 Å². The Labute approximate surface area is 126 Å². The molecule has 21 heavy (non-hydrogen) atoms. The number of nitrogens with two attached hydrogens (primary N) is 1. The van der Waals surface area contributed by atoms with E-state index >= 15 is 0 Å². The quantitative estimate of drug-likeness (QED) is 0.842. The first-order valence-corrected chi connectivity index (χ1v) is 7.36. The first kappa shape index (κ1) is 15.9. The van der Waals surface area contributed by atoms with Crippen molar-refractivity contribution in [3.05, 3.63) is 17.7 Å². The molecule has 2 atom stereocenters. The predicted molar refractivity (Wildman–Crippen MR) is 81.0 cm³/mol. The molecule has 1 aliphatic carbocycles. The molecule has 0 unspecified atom stereocenters. The summed E-state index contributed by atoms with van der Waals surface area (Å²) in [5, 5.41) is 10.5. The molecular weight excluding hydrogens is 270 g/mol. The summed E-state index contributed by atoms with van der Waals surface area (Å²) < 4.78 is 16.1. The maximum Gasteiger partial charge on any atom is 0.203 e. The minimum atomic E-state index is -0.570. The number of hydrogen-bond acceptors (Lipinski definition) is 5. The van der Waals surface area contributed by atoms with Crippen LogP contribution in [0.4, 0.5) is 0 Å². The fourth-order valence-corrected chi connectivity index (χ4v) is 3.16. The van der Waals surface area contributed by atoms with Gasteiger partial charge in [0.1, 0.15) is 0 Å². The first-order chi connectivity index (χ1) is 10.1. The summed E-state index contributed by atoms with van der Waals surface area (Å²) in [4.78, 5) is 0. The Morgan fingerprint density at radius 3 is 2.19 bits per heavy atom. The maximum atomic E-state index is 10.5. The third-order valence-electron chi connectivity index (χ3n) is 4.34. The number of methoxy groups -OCH3 is 3. The minimum absolute atomic E-state index is 0.262. The van der Waals surface area contributed by atoms with E-state index in [1.165, 1.54) is 0 Å². The van der Waals surface area contributed by atoms with Crippen LogP contribution in [-0.4, -0.2) is 32.5 Å². The molecule has 0 spiro atoms. The van der Waals surface area contributed by atoms with E-state index in [2.05, 4.69) is 0 Å². The van der Waals surface area contributed by atoms with Crippen LogP contribution in [0, 0.1) is 5.92 Å². The topological polar surface area (TPSA) is 73.9 Å². The van der Waals surface area contributed by atoms with E-state index in [0.717, 1.165) is 31.2 Å². The fourth-order valence-electron chi connectivity index (χ4n) is 3.16. The highest BCUT2D eigenvalue weighted by Gasteiger charge is 2.31. The Kier molecular flexibility index (Phi) is 5.31. The second kappa shape index (κ2) is 7.00. The zero-order valence-electron chi connectivity index (χ0n) is 13.0. The Bertz CT molecular complexity index is 472. The summed E-state index contributed by atoms with van der Waals surface area (Å²) in [6.07, 6.45) is 3.82. The van der Waals surface area contributed by atoms with E-state index in [1.54, 1.807) is 27.4 Å². The van der Waals surface area contributed by atoms with Crippen molar-refractivity contribution in [2.45, 2.75) is 37.8 Å². The average molecular weight is 295 g/mol. The summed E-state index contributed by atoms with van der Waals surface area (Å²) in [6, 6.07) is 3.13. The van der Waals surface area contributed by atoms with Gasteiger partial charge in [-0.1, -0.05) is 12.8 Å². The lowest BCUT2D eigenvalue weighted by Crippen LogP contribution is -2.32. The van der Waals surface area contributed by atoms with Gasteiger partial charge in [0, 0.05) is 5.56 Å². The Morgan fingerprint density at radius 1 is 1.05 bits per heavy atom. The summed E-state index contributed by atoms with van der Waals surface area (Å²) >= 11 is 0. The Hall–Kier alpha value is -1.46. The van der Waals surface area contributed by atoms with Crippen LogP contribution in [0.2, 0.25) is 0 Å². The van der Waals surface area contributed by atoms with E-state index in [9.17, 15) is 5.11 Å². The van der Waals surface area contributed by atoms with Crippen LogP contribution in [0.15, 0.2) is 12.1 Å². The van der Waals surface area contributed by atoms with E-state index in [0.29, 0.717) is 17.2 Å². The molecule has 1 aliphatic rings. The summed E-state index contributed by atoms with van der Waals surface area (Å²) in [6.45, 7) is 0. The van der Waals surface area contributed by atoms with Gasteiger partial charge in [0.15, 0.2) is 11.5 Å². The smallest absolute Gasteiger partial charge is 0.203 e. The van der Waals surface area contributed by atoms with E-state index < -0.39 is 12.1 Å². The lowest BCUT2D eigenvalue weighted by Gasteiger charge is -2.26. The third-order valence-corrected chi connectivity index (χ3v) is 4.34. The van der Waals surface area contributed by atoms with Gasteiger partial charge in [-0.25, -0.2) is 0 Å². The number of aliphatic hydroxyl groups is 1. The number of hydrogen-bond donors (Lipinski definition) is 2. The summed E-state index contributed by atoms with van der Waals surface area (Å²) in [7, 11) is 4.70. The van der Waals surface area contributed by atoms with E-state index in [-0.39, 0.29) is 5.92 Å². The van der Waals surface area contributed by atoms with Gasteiger partial charge in [-0.2, -0.15) is 0 Å². The van der Waals surface area contributed by atoms with Crippen molar-refractivity contribution >= 4 is 0 Å². The van der Waals surface area contributed by atoms with Crippen molar-refractivity contribution < 1.29 is 19.3 Å². The van der Waals surface area contributed by atoms with Crippen LogP contribution in [0.25, 0.3) is 0 Å². The third kappa shape index (κ3) is 3.09. The molecule has 0 aliphatic heterocycles. The van der Waals surface area contributed by atoms with Crippen LogP contribution in [-0.2, 0) is 0 Å². The molecule has 1 aromatic carbocycles. The van der Waals surface area contributed by atoms with Crippen LogP contribution in [0.1, 0.15) is 37.3 Å². The van der Waals surface area contributed by atoms with Crippen molar-refractivity contribution in [2.24, 2.45) is 11.7 Å². The molecule has 0 bridgehead atoms. The van der Waals surface area contributed by atoms with E-state index in [1.807, 2.05) is 6.07 Å². The zero-order valence-corrected chi connectivity index (χ0v) is 13.0. The largest absolute Gasteiger partial charge is 0.493 e. The fraction of sp³-hybridized carbons (Fsp3) is 0.625. The molecule has 1 aromatic rings. The van der Waals surface area contributed by atoms with Gasteiger partial charge in [0.25, 0.3) is 0 Å². The number of benzene rings is 1. The lowest BCUT2D eigenvalue weighted by atomic mass is 9.90. The number of rotatable bonds is 6. The summed E-state index contributed by atoms with van der Waals surface area (Å²) in [5.41, 5.74) is 7.03. The highest BCUT2D eigenvalue weighted by Crippen LogP contribution is 2.43. The second-order valence-corrected chi connectivity index (χ2v) is 5.48. The highest BCUT2D eigenvalue weighted by molar-refractivity contribution is 5.56. The van der Waals surface area contributed by atoms with Gasteiger partial charge in [-0.3, -0.25) is 0 Å². The van der Waals surface area contributed by atoms with Crippen LogP contribution >= 0.6 is 0 Å². The molecule has 0 heterocycles. The standard InChI is InChI=1S/C16H25NO4/c1-19-12-9-8-11(15(20-2)16(12)21-3)13(17)14(18)10-6-4-5-7-10/h8-10,13-14,18H,4-7,17H2,1-3H3/t13-,14+/m0/s1. The lowest BCUT2D eigenvalue weighted by molar-refractivity contribution is 0.0834. The van der Waals surface area contributed by atoms with Crippen LogP contribution in [0.5, 0.6) is 17.2 Å². The molecule has 0 aromatic heterocycles. The number of aliphatic hydroxyl groups excluding tert-OH is 1. The Balaban J connectivity index is 2.33. The molecule has 5 nitrogen and oxygen atoms in total. The molecule has 3 N–H and O–H groups in total. The molecule has 1 fully saturated rings. The van der Waals surface area contributed by atoms with Gasteiger partial charge < -0.3 is 25.1 Å². The molecule has 0 amide bonds. The van der Waals surface area contributed by atoms with Crippen LogP contribution in [0.3, 0.4) is 0 Å². The van der Waals surface area contributed by atoms with Crippen molar-refractivity contribution in [3.8, 4) is 17.2 Å². The minimum Gasteiger partial charge on any atom is -0.493 e. The molecule has 2 rings (SSSR count). The maximum absolute atomic E-state index is 10.5. The highest BCUT2D eigenvalue weighted by atomic mass is 16.5. The summed E-state index contributed by atoms with van der Waals surface area (Å²) in [5.74, 6) is 1.88. The van der Waals surface area contributed by atoms with Gasteiger partial charge >= 0.3 is 0 Å². The predicted octanol–water partition coefficient (Wildman–Crippen LogP) is 2.26.